The molecule has 1 aliphatic heterocycles. The highest BCUT2D eigenvalue weighted by molar-refractivity contribution is 5.83. The molecule has 0 spiro atoms. The lowest BCUT2D eigenvalue weighted by molar-refractivity contribution is -0.134. The van der Waals surface area contributed by atoms with Crippen LogP contribution in [0.25, 0.3) is 0 Å². The topological polar surface area (TPSA) is 64.7 Å². The minimum atomic E-state index is -0.480. The molecule has 2 N–H and O–H groups in total. The predicted octanol–water partition coefficient (Wildman–Crippen LogP) is -0.489. The predicted molar refractivity (Wildman–Crippen MR) is 79.4 cm³/mol. The van der Waals surface area contributed by atoms with E-state index >= 15 is 0 Å². The normalized spacial score (nSPS) is 21.6. The van der Waals surface area contributed by atoms with E-state index in [0.717, 1.165) is 19.6 Å². The fourth-order valence-corrected chi connectivity index (χ4v) is 2.58. The number of likely N-dealkylation sites (N-methyl/N-ethyl adjacent to an activating group) is 2. The minimum Gasteiger partial charge on any atom is -0.359 e. The van der Waals surface area contributed by atoms with Crippen molar-refractivity contribution in [3.8, 4) is 0 Å². The first-order valence-corrected chi connectivity index (χ1v) is 7.16. The average molecular weight is 290 g/mol. The molecule has 6 nitrogen and oxygen atoms in total. The molecular formula is C14H28N4O2. The zero-order valence-corrected chi connectivity index (χ0v) is 13.3. The fraction of sp³-hybridized carbons (Fsp3) is 0.857. The first-order valence-electron chi connectivity index (χ1n) is 7.16. The maximum Gasteiger partial charge on any atom is 0.227 e. The number of carbonyl (C=O) groups is 2. The molecule has 1 aliphatic rings. The van der Waals surface area contributed by atoms with Crippen molar-refractivity contribution in [2.75, 3.05) is 47.3 Å². The SMILES string of the molecule is CC(C)(C(=O)NCCC(=O)[15NH][13CH3])C1CN([13CH3])[13CH2][13CH2]N1[13CH3]. The minimum absolute atomic E-state index is 0.00792. The summed E-state index contributed by atoms with van der Waals surface area (Å²) in [6, 6.07) is 0.182. The molecule has 0 radical (unpaired) electrons. The average Bonchev–Trinajstić information content (AvgIpc) is 2.40. The summed E-state index contributed by atoms with van der Waals surface area (Å²) in [5.41, 5.74) is -0.480. The van der Waals surface area contributed by atoms with Gasteiger partial charge in [-0.25, -0.2) is 0 Å². The third kappa shape index (κ3) is 4.18. The molecule has 0 aromatic heterocycles. The second-order valence-electron chi connectivity index (χ2n) is 6.16. The molecular weight excluding hydrogens is 262 g/mol. The summed E-state index contributed by atoms with van der Waals surface area (Å²) < 4.78 is 0. The molecule has 0 aliphatic carbocycles. The Balaban J connectivity index is 2.57. The summed E-state index contributed by atoms with van der Waals surface area (Å²) in [4.78, 5) is 28.1. The second-order valence-corrected chi connectivity index (χ2v) is 6.16. The van der Waals surface area contributed by atoms with Crippen molar-refractivity contribution in [3.63, 3.8) is 0 Å². The Kier molecular flexibility index (Phi) is 5.95. The maximum atomic E-state index is 12.4. The number of hydrogen-bond acceptors (Lipinski definition) is 4. The van der Waals surface area contributed by atoms with Crippen molar-refractivity contribution in [2.45, 2.75) is 26.3 Å². The van der Waals surface area contributed by atoms with Gasteiger partial charge in [-0.3, -0.25) is 14.5 Å². The Labute approximate surface area is 121 Å². The fourth-order valence-electron chi connectivity index (χ4n) is 2.58. The number of hydrogen-bond donors (Lipinski definition) is 2. The quantitative estimate of drug-likeness (QED) is 0.530. The van der Waals surface area contributed by atoms with Gasteiger partial charge in [-0.15, -0.1) is 0 Å². The van der Waals surface area contributed by atoms with Crippen LogP contribution in [0.3, 0.4) is 0 Å². The van der Waals surface area contributed by atoms with Crippen LogP contribution in [0.5, 0.6) is 0 Å². The van der Waals surface area contributed by atoms with Crippen LogP contribution in [-0.4, -0.2) is 75.0 Å². The van der Waals surface area contributed by atoms with Gasteiger partial charge in [0.15, 0.2) is 0 Å². The van der Waals surface area contributed by atoms with Crippen molar-refractivity contribution in [1.82, 2.24) is 20.4 Å². The molecule has 20 heavy (non-hydrogen) atoms. The van der Waals surface area contributed by atoms with Crippen LogP contribution >= 0.6 is 0 Å². The second kappa shape index (κ2) is 7.04. The number of rotatable bonds is 5. The first-order chi connectivity index (χ1) is 9.28. The number of nitrogens with one attached hydrogen (secondary N) is 2. The van der Waals surface area contributed by atoms with Crippen molar-refractivity contribution in [2.24, 2.45) is 5.41 Å². The van der Waals surface area contributed by atoms with Gasteiger partial charge in [-0.1, -0.05) is 0 Å². The Hall–Kier alpha value is -1.14. The van der Waals surface area contributed by atoms with E-state index in [-0.39, 0.29) is 17.9 Å². The molecule has 1 fully saturated rings. The third-order valence-corrected chi connectivity index (χ3v) is 4.19. The highest BCUT2D eigenvalue weighted by Gasteiger charge is 2.41. The molecule has 1 rings (SSSR count). The van der Waals surface area contributed by atoms with Crippen LogP contribution in [0.1, 0.15) is 20.3 Å². The monoisotopic (exact) mass is 290 g/mol. The van der Waals surface area contributed by atoms with Gasteiger partial charge in [-0.2, -0.15) is 0 Å². The summed E-state index contributed by atoms with van der Waals surface area (Å²) in [6.07, 6.45) is 0.318. The zero-order chi connectivity index (χ0) is 15.3. The van der Waals surface area contributed by atoms with Gasteiger partial charge in [0, 0.05) is 45.7 Å². The van der Waals surface area contributed by atoms with Gasteiger partial charge < -0.3 is 15.5 Å². The van der Waals surface area contributed by atoms with Gasteiger partial charge in [0.25, 0.3) is 0 Å². The zero-order valence-electron chi connectivity index (χ0n) is 13.3. The van der Waals surface area contributed by atoms with Crippen molar-refractivity contribution in [3.05, 3.63) is 0 Å². The summed E-state index contributed by atoms with van der Waals surface area (Å²) in [7, 11) is 5.75. The van der Waals surface area contributed by atoms with Crippen molar-refractivity contribution in [1.29, 1.82) is 0 Å². The third-order valence-electron chi connectivity index (χ3n) is 4.19. The van der Waals surface area contributed by atoms with Gasteiger partial charge in [0.1, 0.15) is 0 Å². The summed E-state index contributed by atoms with van der Waals surface area (Å²) in [5.74, 6) is -0.0498. The largest absolute Gasteiger partial charge is 0.359 e. The molecule has 1 saturated heterocycles. The van der Waals surface area contributed by atoms with Crippen LogP contribution in [-0.2, 0) is 9.59 Å². The molecule has 1 unspecified atom stereocenters. The molecule has 6 heteroatoms. The van der Waals surface area contributed by atoms with E-state index in [1.54, 1.807) is 7.05 Å². The highest BCUT2D eigenvalue weighted by Crippen LogP contribution is 2.27. The number of nitrogens with zero attached hydrogens (tertiary/aromatic N) is 2. The molecule has 0 aromatic rings. The molecule has 2 amide bonds. The number of carbonyl (C=O) groups excluding carboxylic acids is 2. The van der Waals surface area contributed by atoms with E-state index in [2.05, 4.69) is 34.5 Å². The van der Waals surface area contributed by atoms with E-state index < -0.39 is 5.41 Å². The van der Waals surface area contributed by atoms with Gasteiger partial charge >= 0.3 is 0 Å². The first kappa shape index (κ1) is 16.9. The molecule has 0 bridgehead atoms. The molecule has 116 valence electrons. The Morgan fingerprint density at radius 3 is 2.50 bits per heavy atom. The van der Waals surface area contributed by atoms with E-state index in [1.165, 1.54) is 0 Å². The van der Waals surface area contributed by atoms with Crippen LogP contribution in [0.15, 0.2) is 0 Å². The van der Waals surface area contributed by atoms with E-state index in [1.807, 2.05) is 13.8 Å². The molecule has 1 heterocycles. The summed E-state index contributed by atoms with van der Waals surface area (Å²) in [5, 5.41) is 5.42. The van der Waals surface area contributed by atoms with E-state index in [9.17, 15) is 9.59 Å². The number of piperazine rings is 1. The van der Waals surface area contributed by atoms with Crippen LogP contribution in [0.4, 0.5) is 0 Å². The smallest absolute Gasteiger partial charge is 0.227 e. The van der Waals surface area contributed by atoms with Crippen LogP contribution in [0.2, 0.25) is 0 Å². The van der Waals surface area contributed by atoms with Gasteiger partial charge in [0.2, 0.25) is 11.8 Å². The Morgan fingerprint density at radius 2 is 1.90 bits per heavy atom. The summed E-state index contributed by atoms with van der Waals surface area (Å²) >= 11 is 0. The van der Waals surface area contributed by atoms with Crippen molar-refractivity contribution < 1.29 is 9.59 Å². The molecule has 0 saturated carbocycles. The van der Waals surface area contributed by atoms with Crippen LogP contribution in [0, 0.1) is 5.41 Å². The molecule has 1 atom stereocenters. The van der Waals surface area contributed by atoms with Crippen LogP contribution < -0.4 is 10.6 Å². The van der Waals surface area contributed by atoms with Crippen molar-refractivity contribution >= 4 is 11.8 Å². The summed E-state index contributed by atoms with van der Waals surface area (Å²) in [6.45, 7) is 7.21. The maximum absolute atomic E-state index is 12.4. The highest BCUT2D eigenvalue weighted by atomic mass is 16.2. The Bertz CT molecular complexity index is 357. The number of amides is 2. The lowest BCUT2D eigenvalue weighted by Gasteiger charge is -2.45. The standard InChI is InChI=1S/C14H28N4O2/c1-14(2,11-10-17(4)8-9-18(11)5)13(20)16-7-6-12(19)15-3/h11H,6-10H2,1-5H3,(H,15,19)(H,16,20)/i3+1,4+1,5+1,8+1,9+1,15+1. The van der Waals surface area contributed by atoms with Gasteiger partial charge in [-0.05, 0) is 27.9 Å². The molecule has 0 aromatic carbocycles. The lowest BCUT2D eigenvalue weighted by Crippen LogP contribution is -2.60. The lowest BCUT2D eigenvalue weighted by atomic mass is 9.82. The van der Waals surface area contributed by atoms with E-state index in [4.69, 9.17) is 0 Å². The Morgan fingerprint density at radius 1 is 1.25 bits per heavy atom. The van der Waals surface area contributed by atoms with Gasteiger partial charge in [0.05, 0.1) is 5.41 Å². The van der Waals surface area contributed by atoms with E-state index in [0.29, 0.717) is 13.0 Å².